The molecule has 2 aromatic rings. The summed E-state index contributed by atoms with van der Waals surface area (Å²) < 4.78 is 14.6. The first-order valence-corrected chi connectivity index (χ1v) is 4.98. The van der Waals surface area contributed by atoms with Crippen LogP contribution in [0.25, 0.3) is 5.69 Å². The SMILES string of the molecule is Cc1cc(-n2nncc2CCl)ccc1F. The number of rotatable bonds is 2. The maximum Gasteiger partial charge on any atom is 0.126 e. The van der Waals surface area contributed by atoms with Crippen LogP contribution in [-0.2, 0) is 5.88 Å². The highest BCUT2D eigenvalue weighted by Gasteiger charge is 2.06. The molecular weight excluding hydrogens is 217 g/mol. The van der Waals surface area contributed by atoms with Crippen LogP contribution in [0.3, 0.4) is 0 Å². The van der Waals surface area contributed by atoms with Gasteiger partial charge in [-0.15, -0.1) is 16.7 Å². The third-order valence-electron chi connectivity index (χ3n) is 2.14. The van der Waals surface area contributed by atoms with E-state index in [0.29, 0.717) is 11.4 Å². The number of hydrogen-bond donors (Lipinski definition) is 0. The molecule has 2 rings (SSSR count). The first-order valence-electron chi connectivity index (χ1n) is 4.44. The number of halogens is 2. The fraction of sp³-hybridized carbons (Fsp3) is 0.200. The first kappa shape index (κ1) is 10.1. The van der Waals surface area contributed by atoms with Crippen LogP contribution in [0.2, 0.25) is 0 Å². The zero-order chi connectivity index (χ0) is 10.8. The minimum absolute atomic E-state index is 0.230. The normalized spacial score (nSPS) is 10.6. The molecule has 15 heavy (non-hydrogen) atoms. The van der Waals surface area contributed by atoms with Crippen molar-refractivity contribution in [1.82, 2.24) is 15.0 Å². The Balaban J connectivity index is 2.50. The average Bonchev–Trinajstić information content (AvgIpc) is 2.70. The minimum atomic E-state index is -0.230. The Morgan fingerprint density at radius 3 is 2.93 bits per heavy atom. The van der Waals surface area contributed by atoms with Gasteiger partial charge >= 0.3 is 0 Å². The fourth-order valence-corrected chi connectivity index (χ4v) is 1.51. The molecule has 0 saturated heterocycles. The van der Waals surface area contributed by atoms with Crippen LogP contribution in [0.4, 0.5) is 4.39 Å². The summed E-state index contributed by atoms with van der Waals surface area (Å²) in [7, 11) is 0. The van der Waals surface area contributed by atoms with Gasteiger partial charge in [-0.05, 0) is 30.7 Å². The lowest BCUT2D eigenvalue weighted by Crippen LogP contribution is -2.01. The van der Waals surface area contributed by atoms with Gasteiger partial charge in [-0.2, -0.15) is 0 Å². The predicted octanol–water partition coefficient (Wildman–Crippen LogP) is 2.45. The molecule has 0 aliphatic rings. The molecule has 0 amide bonds. The van der Waals surface area contributed by atoms with Gasteiger partial charge in [0.15, 0.2) is 0 Å². The van der Waals surface area contributed by atoms with Crippen LogP contribution in [0.5, 0.6) is 0 Å². The molecule has 1 aromatic heterocycles. The van der Waals surface area contributed by atoms with Crippen molar-refractivity contribution < 1.29 is 4.39 Å². The molecule has 0 spiro atoms. The van der Waals surface area contributed by atoms with Gasteiger partial charge in [0.2, 0.25) is 0 Å². The molecule has 0 aliphatic carbocycles. The highest BCUT2D eigenvalue weighted by molar-refractivity contribution is 6.16. The second-order valence-electron chi connectivity index (χ2n) is 3.20. The molecule has 1 heterocycles. The van der Waals surface area contributed by atoms with Crippen LogP contribution in [0, 0.1) is 12.7 Å². The first-order chi connectivity index (χ1) is 7.22. The van der Waals surface area contributed by atoms with Crippen molar-refractivity contribution in [3.63, 3.8) is 0 Å². The standard InChI is InChI=1S/C10H9ClFN3/c1-7-4-8(2-3-10(7)12)15-9(5-11)6-13-14-15/h2-4,6H,5H2,1H3. The van der Waals surface area contributed by atoms with Crippen LogP contribution in [0.15, 0.2) is 24.4 Å². The Kier molecular flexibility index (Phi) is 2.68. The molecule has 1 aromatic carbocycles. The number of benzene rings is 1. The van der Waals surface area contributed by atoms with Crippen LogP contribution in [-0.4, -0.2) is 15.0 Å². The summed E-state index contributed by atoms with van der Waals surface area (Å²) in [5.74, 6) is 0.0926. The number of hydrogen-bond acceptors (Lipinski definition) is 2. The topological polar surface area (TPSA) is 30.7 Å². The number of alkyl halides is 1. The van der Waals surface area contributed by atoms with Crippen molar-refractivity contribution in [2.24, 2.45) is 0 Å². The highest BCUT2D eigenvalue weighted by Crippen LogP contribution is 2.15. The Morgan fingerprint density at radius 2 is 2.27 bits per heavy atom. The van der Waals surface area contributed by atoms with Gasteiger partial charge in [0.1, 0.15) is 5.82 Å². The van der Waals surface area contributed by atoms with Crippen molar-refractivity contribution in [3.05, 3.63) is 41.5 Å². The number of aromatic nitrogens is 3. The molecule has 0 bridgehead atoms. The minimum Gasteiger partial charge on any atom is -0.216 e. The van der Waals surface area contributed by atoms with E-state index in [4.69, 9.17) is 11.6 Å². The van der Waals surface area contributed by atoms with Gasteiger partial charge < -0.3 is 0 Å². The van der Waals surface area contributed by atoms with E-state index in [2.05, 4.69) is 10.3 Å². The van der Waals surface area contributed by atoms with Crippen molar-refractivity contribution in [2.45, 2.75) is 12.8 Å². The predicted molar refractivity (Wildman–Crippen MR) is 55.6 cm³/mol. The Hall–Kier alpha value is -1.42. The maximum absolute atomic E-state index is 13.1. The number of aryl methyl sites for hydroxylation is 1. The fourth-order valence-electron chi connectivity index (χ4n) is 1.33. The monoisotopic (exact) mass is 225 g/mol. The van der Waals surface area contributed by atoms with E-state index >= 15 is 0 Å². The van der Waals surface area contributed by atoms with Crippen molar-refractivity contribution in [3.8, 4) is 5.69 Å². The average molecular weight is 226 g/mol. The van der Waals surface area contributed by atoms with Gasteiger partial charge in [0, 0.05) is 0 Å². The molecular formula is C10H9ClFN3. The smallest absolute Gasteiger partial charge is 0.126 e. The van der Waals surface area contributed by atoms with Gasteiger partial charge in [-0.25, -0.2) is 9.07 Å². The van der Waals surface area contributed by atoms with Gasteiger partial charge in [-0.1, -0.05) is 5.21 Å². The lowest BCUT2D eigenvalue weighted by Gasteiger charge is -2.05. The molecule has 0 radical (unpaired) electrons. The van der Waals surface area contributed by atoms with E-state index in [1.54, 1.807) is 29.9 Å². The molecule has 0 fully saturated rings. The molecule has 5 heteroatoms. The van der Waals surface area contributed by atoms with E-state index in [-0.39, 0.29) is 5.82 Å². The van der Waals surface area contributed by atoms with E-state index in [1.165, 1.54) is 6.07 Å². The second kappa shape index (κ2) is 3.98. The molecule has 0 N–H and O–H groups in total. The third kappa shape index (κ3) is 1.85. The summed E-state index contributed by atoms with van der Waals surface area (Å²) in [4.78, 5) is 0. The van der Waals surface area contributed by atoms with Gasteiger partial charge in [0.05, 0.1) is 23.5 Å². The lowest BCUT2D eigenvalue weighted by atomic mass is 10.2. The van der Waals surface area contributed by atoms with Gasteiger partial charge in [-0.3, -0.25) is 0 Å². The Morgan fingerprint density at radius 1 is 1.47 bits per heavy atom. The van der Waals surface area contributed by atoms with Crippen molar-refractivity contribution >= 4 is 11.6 Å². The van der Waals surface area contributed by atoms with Crippen molar-refractivity contribution in [2.75, 3.05) is 0 Å². The zero-order valence-corrected chi connectivity index (χ0v) is 8.87. The largest absolute Gasteiger partial charge is 0.216 e. The molecule has 3 nitrogen and oxygen atoms in total. The highest BCUT2D eigenvalue weighted by atomic mass is 35.5. The van der Waals surface area contributed by atoms with Crippen LogP contribution < -0.4 is 0 Å². The summed E-state index contributed by atoms with van der Waals surface area (Å²) >= 11 is 5.72. The van der Waals surface area contributed by atoms with E-state index < -0.39 is 0 Å². The third-order valence-corrected chi connectivity index (χ3v) is 2.42. The molecule has 0 unspecified atom stereocenters. The molecule has 0 aliphatic heterocycles. The summed E-state index contributed by atoms with van der Waals surface area (Å²) in [5, 5.41) is 7.64. The van der Waals surface area contributed by atoms with E-state index in [0.717, 1.165) is 11.4 Å². The maximum atomic E-state index is 13.1. The summed E-state index contributed by atoms with van der Waals surface area (Å²) in [6.45, 7) is 1.70. The summed E-state index contributed by atoms with van der Waals surface area (Å²) in [6, 6.07) is 4.76. The summed E-state index contributed by atoms with van der Waals surface area (Å²) in [6.07, 6.45) is 1.59. The van der Waals surface area contributed by atoms with Crippen molar-refractivity contribution in [1.29, 1.82) is 0 Å². The second-order valence-corrected chi connectivity index (χ2v) is 3.47. The van der Waals surface area contributed by atoms with E-state index in [9.17, 15) is 4.39 Å². The van der Waals surface area contributed by atoms with Crippen LogP contribution in [0.1, 0.15) is 11.3 Å². The molecule has 78 valence electrons. The quantitative estimate of drug-likeness (QED) is 0.735. The Bertz CT molecular complexity index is 481. The summed E-state index contributed by atoms with van der Waals surface area (Å²) in [5.41, 5.74) is 2.12. The van der Waals surface area contributed by atoms with Gasteiger partial charge in [0.25, 0.3) is 0 Å². The lowest BCUT2D eigenvalue weighted by molar-refractivity contribution is 0.617. The number of nitrogens with zero attached hydrogens (tertiary/aromatic N) is 3. The molecule has 0 atom stereocenters. The van der Waals surface area contributed by atoms with Crippen LogP contribution >= 0.6 is 11.6 Å². The molecule has 0 saturated carbocycles. The van der Waals surface area contributed by atoms with E-state index in [1.807, 2.05) is 0 Å². The Labute approximate surface area is 91.5 Å². The zero-order valence-electron chi connectivity index (χ0n) is 8.11.